The summed E-state index contributed by atoms with van der Waals surface area (Å²) in [6.07, 6.45) is 1.74. The summed E-state index contributed by atoms with van der Waals surface area (Å²) in [7, 11) is 0. The van der Waals surface area contributed by atoms with Crippen LogP contribution >= 0.6 is 15.9 Å². The van der Waals surface area contributed by atoms with Crippen LogP contribution in [-0.2, 0) is 6.54 Å². The first-order valence-corrected chi connectivity index (χ1v) is 5.19. The predicted octanol–water partition coefficient (Wildman–Crippen LogP) is 2.63. The first-order chi connectivity index (χ1) is 7.16. The Labute approximate surface area is 96.3 Å². The number of nitro groups is 1. The van der Waals surface area contributed by atoms with Gasteiger partial charge in [-0.3, -0.25) is 10.1 Å². The fourth-order valence-corrected chi connectivity index (χ4v) is 1.70. The summed E-state index contributed by atoms with van der Waals surface area (Å²) in [6.45, 7) is 4.83. The molecule has 0 aliphatic rings. The van der Waals surface area contributed by atoms with Crippen molar-refractivity contribution < 1.29 is 4.92 Å². The molecule has 0 atom stereocenters. The molecule has 0 fully saturated rings. The van der Waals surface area contributed by atoms with Crippen LogP contribution in [0.25, 0.3) is 0 Å². The summed E-state index contributed by atoms with van der Waals surface area (Å²) in [5, 5.41) is 13.7. The molecule has 5 heteroatoms. The van der Waals surface area contributed by atoms with E-state index in [4.69, 9.17) is 0 Å². The summed E-state index contributed by atoms with van der Waals surface area (Å²) >= 11 is 3.23. The van der Waals surface area contributed by atoms with Gasteiger partial charge >= 0.3 is 0 Å². The van der Waals surface area contributed by atoms with Gasteiger partial charge in [-0.1, -0.05) is 18.2 Å². The lowest BCUT2D eigenvalue weighted by molar-refractivity contribution is -0.385. The third kappa shape index (κ3) is 3.14. The number of hydrogen-bond acceptors (Lipinski definition) is 3. The van der Waals surface area contributed by atoms with Crippen molar-refractivity contribution in [2.75, 3.05) is 6.54 Å². The average Bonchev–Trinajstić information content (AvgIpc) is 2.20. The van der Waals surface area contributed by atoms with Crippen molar-refractivity contribution >= 4 is 21.6 Å². The SMILES string of the molecule is C=CCNCc1cccc([N+](=O)[O-])c1Br. The van der Waals surface area contributed by atoms with Gasteiger partial charge in [-0.15, -0.1) is 6.58 Å². The molecule has 4 nitrogen and oxygen atoms in total. The molecule has 0 radical (unpaired) electrons. The summed E-state index contributed by atoms with van der Waals surface area (Å²) in [4.78, 5) is 10.2. The number of nitrogens with one attached hydrogen (secondary N) is 1. The highest BCUT2D eigenvalue weighted by Crippen LogP contribution is 2.27. The molecule has 0 spiro atoms. The molecular formula is C10H11BrN2O2. The van der Waals surface area contributed by atoms with Gasteiger partial charge in [0.1, 0.15) is 0 Å². The summed E-state index contributed by atoms with van der Waals surface area (Å²) in [5.41, 5.74) is 0.957. The molecule has 0 saturated carbocycles. The highest BCUT2D eigenvalue weighted by molar-refractivity contribution is 9.10. The fraction of sp³-hybridized carbons (Fsp3) is 0.200. The van der Waals surface area contributed by atoms with Gasteiger partial charge < -0.3 is 5.32 Å². The molecule has 15 heavy (non-hydrogen) atoms. The molecule has 0 saturated heterocycles. The standard InChI is InChI=1S/C10H11BrN2O2/c1-2-6-12-7-8-4-3-5-9(10(8)11)13(14)15/h2-5,12H,1,6-7H2. The van der Waals surface area contributed by atoms with Gasteiger partial charge in [-0.05, 0) is 21.5 Å². The summed E-state index contributed by atoms with van der Waals surface area (Å²) in [6, 6.07) is 4.99. The molecule has 0 aromatic heterocycles. The zero-order valence-electron chi connectivity index (χ0n) is 8.07. The highest BCUT2D eigenvalue weighted by atomic mass is 79.9. The lowest BCUT2D eigenvalue weighted by atomic mass is 10.2. The number of halogens is 1. The van der Waals surface area contributed by atoms with Crippen molar-refractivity contribution in [2.24, 2.45) is 0 Å². The van der Waals surface area contributed by atoms with Crippen molar-refractivity contribution in [1.82, 2.24) is 5.32 Å². The van der Waals surface area contributed by atoms with Crippen LogP contribution in [-0.4, -0.2) is 11.5 Å². The van der Waals surface area contributed by atoms with Crippen molar-refractivity contribution in [3.8, 4) is 0 Å². The van der Waals surface area contributed by atoms with E-state index in [1.54, 1.807) is 12.1 Å². The Hall–Kier alpha value is -1.20. The highest BCUT2D eigenvalue weighted by Gasteiger charge is 2.13. The maximum atomic E-state index is 10.6. The van der Waals surface area contributed by atoms with Crippen molar-refractivity contribution in [2.45, 2.75) is 6.54 Å². The normalized spacial score (nSPS) is 9.93. The number of benzene rings is 1. The second kappa shape index (κ2) is 5.63. The molecule has 1 rings (SSSR count). The number of rotatable bonds is 5. The third-order valence-electron chi connectivity index (χ3n) is 1.86. The van der Waals surface area contributed by atoms with E-state index >= 15 is 0 Å². The van der Waals surface area contributed by atoms with Gasteiger partial charge in [0.05, 0.1) is 9.40 Å². The van der Waals surface area contributed by atoms with E-state index in [1.807, 2.05) is 6.07 Å². The van der Waals surface area contributed by atoms with E-state index in [-0.39, 0.29) is 5.69 Å². The maximum Gasteiger partial charge on any atom is 0.283 e. The molecule has 0 aliphatic heterocycles. The van der Waals surface area contributed by atoms with E-state index in [2.05, 4.69) is 27.8 Å². The van der Waals surface area contributed by atoms with Gasteiger partial charge in [-0.25, -0.2) is 0 Å². The maximum absolute atomic E-state index is 10.6. The Balaban J connectivity index is 2.84. The fourth-order valence-electron chi connectivity index (χ4n) is 1.15. The van der Waals surface area contributed by atoms with Crippen LogP contribution in [0.3, 0.4) is 0 Å². The van der Waals surface area contributed by atoms with E-state index < -0.39 is 4.92 Å². The average molecular weight is 271 g/mol. The predicted molar refractivity (Wildman–Crippen MR) is 62.7 cm³/mol. The minimum atomic E-state index is -0.402. The Morgan fingerprint density at radius 3 is 2.93 bits per heavy atom. The van der Waals surface area contributed by atoms with Crippen molar-refractivity contribution in [1.29, 1.82) is 0 Å². The van der Waals surface area contributed by atoms with Crippen LogP contribution in [0.4, 0.5) is 5.69 Å². The van der Waals surface area contributed by atoms with Crippen LogP contribution in [0.5, 0.6) is 0 Å². The minimum Gasteiger partial charge on any atom is -0.309 e. The van der Waals surface area contributed by atoms with Gasteiger partial charge in [0, 0.05) is 19.2 Å². The Morgan fingerprint density at radius 1 is 1.60 bits per heavy atom. The van der Waals surface area contributed by atoms with Crippen LogP contribution in [0, 0.1) is 10.1 Å². The largest absolute Gasteiger partial charge is 0.309 e. The van der Waals surface area contributed by atoms with Gasteiger partial charge in [0.25, 0.3) is 5.69 Å². The van der Waals surface area contributed by atoms with Gasteiger partial charge in [0.15, 0.2) is 0 Å². The van der Waals surface area contributed by atoms with E-state index in [0.717, 1.165) is 5.56 Å². The van der Waals surface area contributed by atoms with E-state index in [1.165, 1.54) is 6.07 Å². The monoisotopic (exact) mass is 270 g/mol. The zero-order chi connectivity index (χ0) is 11.3. The topological polar surface area (TPSA) is 55.2 Å². The molecule has 1 aromatic rings. The van der Waals surface area contributed by atoms with Crippen LogP contribution < -0.4 is 5.32 Å². The molecule has 0 heterocycles. The molecular weight excluding hydrogens is 260 g/mol. The van der Waals surface area contributed by atoms with Crippen LogP contribution in [0.2, 0.25) is 0 Å². The molecule has 0 bridgehead atoms. The number of hydrogen-bond donors (Lipinski definition) is 1. The summed E-state index contributed by atoms with van der Waals surface area (Å²) < 4.78 is 0.534. The molecule has 1 aromatic carbocycles. The Bertz CT molecular complexity index is 380. The van der Waals surface area contributed by atoms with Gasteiger partial charge in [0.2, 0.25) is 0 Å². The second-order valence-electron chi connectivity index (χ2n) is 2.93. The summed E-state index contributed by atoms with van der Waals surface area (Å²) in [5.74, 6) is 0. The number of nitrogens with zero attached hydrogens (tertiary/aromatic N) is 1. The Morgan fingerprint density at radius 2 is 2.33 bits per heavy atom. The van der Waals surface area contributed by atoms with E-state index in [9.17, 15) is 10.1 Å². The lowest BCUT2D eigenvalue weighted by Crippen LogP contribution is -2.13. The van der Waals surface area contributed by atoms with Crippen LogP contribution in [0.1, 0.15) is 5.56 Å². The molecule has 80 valence electrons. The third-order valence-corrected chi connectivity index (χ3v) is 2.77. The first kappa shape index (κ1) is 11.9. The van der Waals surface area contributed by atoms with Crippen molar-refractivity contribution in [3.05, 3.63) is 51.0 Å². The molecule has 0 aliphatic carbocycles. The zero-order valence-corrected chi connectivity index (χ0v) is 9.66. The van der Waals surface area contributed by atoms with Crippen LogP contribution in [0.15, 0.2) is 35.3 Å². The number of nitro benzene ring substituents is 1. The second-order valence-corrected chi connectivity index (χ2v) is 3.72. The minimum absolute atomic E-state index is 0.0907. The molecule has 0 unspecified atom stereocenters. The Kier molecular flexibility index (Phi) is 4.45. The van der Waals surface area contributed by atoms with Gasteiger partial charge in [-0.2, -0.15) is 0 Å². The van der Waals surface area contributed by atoms with Crippen molar-refractivity contribution in [3.63, 3.8) is 0 Å². The lowest BCUT2D eigenvalue weighted by Gasteiger charge is -2.05. The van der Waals surface area contributed by atoms with E-state index in [0.29, 0.717) is 17.6 Å². The quantitative estimate of drug-likeness (QED) is 0.387. The smallest absolute Gasteiger partial charge is 0.283 e. The molecule has 1 N–H and O–H groups in total. The molecule has 0 amide bonds. The first-order valence-electron chi connectivity index (χ1n) is 4.40.